The van der Waals surface area contributed by atoms with Crippen molar-refractivity contribution in [1.82, 2.24) is 34.7 Å². The number of aromatic nitrogens is 7. The van der Waals surface area contributed by atoms with Crippen molar-refractivity contribution in [3.8, 4) is 11.5 Å². The molecule has 3 heterocycles. The monoisotopic (exact) mass is 259 g/mol. The van der Waals surface area contributed by atoms with E-state index < -0.39 is 0 Å². The number of nitrogens with zero attached hydrogens (tertiary/aromatic N) is 4. The zero-order valence-electron chi connectivity index (χ0n) is 10.3. The molecule has 0 fully saturated rings. The van der Waals surface area contributed by atoms with Crippen LogP contribution in [0.4, 0.5) is 0 Å². The van der Waals surface area contributed by atoms with E-state index in [1.807, 2.05) is 17.7 Å². The van der Waals surface area contributed by atoms with E-state index in [1.54, 1.807) is 12.5 Å². The van der Waals surface area contributed by atoms with Crippen molar-refractivity contribution >= 4 is 0 Å². The summed E-state index contributed by atoms with van der Waals surface area (Å²) in [5, 5.41) is 6.22. The molecule has 0 radical (unpaired) electrons. The van der Waals surface area contributed by atoms with Crippen LogP contribution in [0, 0.1) is 6.92 Å². The Labute approximate surface area is 107 Å². The molecule has 0 amide bonds. The van der Waals surface area contributed by atoms with Crippen LogP contribution in [-0.2, 0) is 13.0 Å². The molecule has 98 valence electrons. The molecule has 3 rings (SSSR count). The van der Waals surface area contributed by atoms with Gasteiger partial charge in [-0.2, -0.15) is 5.10 Å². The molecule has 3 aromatic heterocycles. The van der Waals surface area contributed by atoms with Crippen molar-refractivity contribution in [2.75, 3.05) is 0 Å². The fourth-order valence-electron chi connectivity index (χ4n) is 1.94. The smallest absolute Gasteiger partial charge is 0.340 e. The second kappa shape index (κ2) is 4.56. The molecular weight excluding hydrogens is 246 g/mol. The minimum Gasteiger partial charge on any atom is -0.348 e. The van der Waals surface area contributed by atoms with Gasteiger partial charge in [-0.25, -0.2) is 19.9 Å². The average molecular weight is 259 g/mol. The predicted molar refractivity (Wildman–Crippen MR) is 67.5 cm³/mol. The first kappa shape index (κ1) is 11.5. The molecule has 0 aliphatic rings. The maximum atomic E-state index is 10.9. The molecule has 0 aliphatic heterocycles. The molecule has 0 atom stereocenters. The summed E-state index contributed by atoms with van der Waals surface area (Å²) in [4.78, 5) is 25.2. The number of rotatable bonds is 4. The zero-order chi connectivity index (χ0) is 13.2. The summed E-state index contributed by atoms with van der Waals surface area (Å²) in [7, 11) is 0. The topological polar surface area (TPSA) is 108 Å². The van der Waals surface area contributed by atoms with E-state index in [0.29, 0.717) is 18.8 Å². The molecule has 0 saturated carbocycles. The Bertz CT molecular complexity index is 732. The van der Waals surface area contributed by atoms with Crippen LogP contribution < -0.4 is 5.69 Å². The molecule has 19 heavy (non-hydrogen) atoms. The average Bonchev–Trinajstić information content (AvgIpc) is 3.07. The Morgan fingerprint density at radius 3 is 2.95 bits per heavy atom. The molecule has 8 nitrogen and oxygen atoms in total. The lowest BCUT2D eigenvalue weighted by Gasteiger charge is -2.05. The third kappa shape index (κ3) is 2.19. The molecular formula is C11H13N7O. The van der Waals surface area contributed by atoms with Gasteiger partial charge in [0.2, 0.25) is 0 Å². The highest BCUT2D eigenvalue weighted by Gasteiger charge is 2.11. The number of nitrogens with one attached hydrogen (secondary N) is 3. The van der Waals surface area contributed by atoms with E-state index in [9.17, 15) is 4.79 Å². The van der Waals surface area contributed by atoms with Gasteiger partial charge in [0.05, 0.1) is 6.33 Å². The van der Waals surface area contributed by atoms with E-state index in [4.69, 9.17) is 0 Å². The summed E-state index contributed by atoms with van der Waals surface area (Å²) in [6.07, 6.45) is 5.88. The highest BCUT2D eigenvalue weighted by Crippen LogP contribution is 2.17. The lowest BCUT2D eigenvalue weighted by Crippen LogP contribution is -2.06. The maximum absolute atomic E-state index is 10.9. The minimum absolute atomic E-state index is 0.288. The Hall–Kier alpha value is -2.64. The van der Waals surface area contributed by atoms with Crippen LogP contribution in [0.15, 0.2) is 23.5 Å². The largest absolute Gasteiger partial charge is 0.348 e. The summed E-state index contributed by atoms with van der Waals surface area (Å²) in [6, 6.07) is 0. The lowest BCUT2D eigenvalue weighted by atomic mass is 10.3. The molecule has 0 aromatic carbocycles. The fourth-order valence-corrected chi connectivity index (χ4v) is 1.94. The van der Waals surface area contributed by atoms with E-state index in [0.717, 1.165) is 17.2 Å². The van der Waals surface area contributed by atoms with Crippen LogP contribution in [0.5, 0.6) is 0 Å². The fraction of sp³-hybridized carbons (Fsp3) is 0.273. The predicted octanol–water partition coefficient (Wildman–Crippen LogP) is 0.236. The Kier molecular flexibility index (Phi) is 2.75. The van der Waals surface area contributed by atoms with Crippen molar-refractivity contribution in [3.05, 3.63) is 40.7 Å². The minimum atomic E-state index is -0.288. The summed E-state index contributed by atoms with van der Waals surface area (Å²) in [5.74, 6) is 1.43. The van der Waals surface area contributed by atoms with Crippen LogP contribution in [0.1, 0.15) is 11.5 Å². The number of imidazole rings is 2. The van der Waals surface area contributed by atoms with Crippen LogP contribution in [0.25, 0.3) is 11.5 Å². The van der Waals surface area contributed by atoms with Gasteiger partial charge in [-0.15, -0.1) is 0 Å². The third-order valence-electron chi connectivity index (χ3n) is 2.90. The van der Waals surface area contributed by atoms with Crippen LogP contribution in [0.3, 0.4) is 0 Å². The van der Waals surface area contributed by atoms with Gasteiger partial charge in [0.1, 0.15) is 11.5 Å². The van der Waals surface area contributed by atoms with Crippen LogP contribution >= 0.6 is 0 Å². The van der Waals surface area contributed by atoms with Crippen molar-refractivity contribution in [1.29, 1.82) is 0 Å². The van der Waals surface area contributed by atoms with Gasteiger partial charge >= 0.3 is 5.69 Å². The first-order valence-electron chi connectivity index (χ1n) is 5.89. The number of hydrogen-bond acceptors (Lipinski definition) is 4. The van der Waals surface area contributed by atoms with Crippen molar-refractivity contribution < 1.29 is 0 Å². The maximum Gasteiger partial charge on any atom is 0.340 e. The van der Waals surface area contributed by atoms with Crippen molar-refractivity contribution in [3.63, 3.8) is 0 Å². The van der Waals surface area contributed by atoms with E-state index in [2.05, 4.69) is 30.1 Å². The first-order chi connectivity index (χ1) is 9.24. The van der Waals surface area contributed by atoms with E-state index in [1.165, 1.54) is 0 Å². The second-order valence-corrected chi connectivity index (χ2v) is 4.19. The van der Waals surface area contributed by atoms with Gasteiger partial charge in [0.15, 0.2) is 5.82 Å². The summed E-state index contributed by atoms with van der Waals surface area (Å²) < 4.78 is 1.98. The molecule has 3 N–H and O–H groups in total. The van der Waals surface area contributed by atoms with Crippen LogP contribution in [0.2, 0.25) is 0 Å². The molecule has 8 heteroatoms. The second-order valence-electron chi connectivity index (χ2n) is 4.19. The van der Waals surface area contributed by atoms with Gasteiger partial charge in [0.25, 0.3) is 0 Å². The normalized spacial score (nSPS) is 11.0. The molecule has 3 aromatic rings. The Morgan fingerprint density at radius 2 is 2.26 bits per heavy atom. The first-order valence-corrected chi connectivity index (χ1v) is 5.89. The summed E-state index contributed by atoms with van der Waals surface area (Å²) in [6.45, 7) is 2.62. The van der Waals surface area contributed by atoms with Gasteiger partial charge < -0.3 is 9.55 Å². The van der Waals surface area contributed by atoms with Gasteiger partial charge in [-0.05, 0) is 6.92 Å². The zero-order valence-corrected chi connectivity index (χ0v) is 10.3. The van der Waals surface area contributed by atoms with E-state index in [-0.39, 0.29) is 5.69 Å². The molecule has 0 bridgehead atoms. The Morgan fingerprint density at radius 1 is 1.37 bits per heavy atom. The SMILES string of the molecule is Cc1[nH]cnc1-c1nccn1CCc1n[nH]c(=O)[nH]1. The van der Waals surface area contributed by atoms with Gasteiger partial charge in [0, 0.05) is 31.1 Å². The summed E-state index contributed by atoms with van der Waals surface area (Å²) >= 11 is 0. The molecule has 0 saturated heterocycles. The number of aryl methyl sites for hydroxylation is 3. The number of aromatic amines is 3. The lowest BCUT2D eigenvalue weighted by molar-refractivity contribution is 0.677. The van der Waals surface area contributed by atoms with Gasteiger partial charge in [-0.3, -0.25) is 4.98 Å². The van der Waals surface area contributed by atoms with Crippen molar-refractivity contribution in [2.45, 2.75) is 19.9 Å². The summed E-state index contributed by atoms with van der Waals surface area (Å²) in [5.41, 5.74) is 1.52. The van der Waals surface area contributed by atoms with Crippen molar-refractivity contribution in [2.24, 2.45) is 0 Å². The molecule has 0 aliphatic carbocycles. The molecule has 0 spiro atoms. The standard InChI is InChI=1S/C11H13N7O/c1-7-9(14-6-13-7)10-12-3-5-18(10)4-2-8-15-11(19)17-16-8/h3,5-6H,2,4H2,1H3,(H,13,14)(H2,15,16,17,19). The number of hydrogen-bond donors (Lipinski definition) is 3. The third-order valence-corrected chi connectivity index (χ3v) is 2.90. The quantitative estimate of drug-likeness (QED) is 0.623. The highest BCUT2D eigenvalue weighted by molar-refractivity contribution is 5.52. The Balaban J connectivity index is 1.81. The van der Waals surface area contributed by atoms with E-state index >= 15 is 0 Å². The number of H-pyrrole nitrogens is 3. The highest BCUT2D eigenvalue weighted by atomic mass is 16.1. The molecule has 0 unspecified atom stereocenters. The van der Waals surface area contributed by atoms with Crippen LogP contribution in [-0.4, -0.2) is 34.7 Å². The van der Waals surface area contributed by atoms with Gasteiger partial charge in [-0.1, -0.05) is 0 Å².